The molecule has 17 heavy (non-hydrogen) atoms. The summed E-state index contributed by atoms with van der Waals surface area (Å²) in [6.07, 6.45) is 1.08. The van der Waals surface area contributed by atoms with Crippen LogP contribution in [0, 0.1) is 5.92 Å². The predicted molar refractivity (Wildman–Crippen MR) is 67.1 cm³/mol. The van der Waals surface area contributed by atoms with Crippen molar-refractivity contribution in [3.05, 3.63) is 29.8 Å². The summed E-state index contributed by atoms with van der Waals surface area (Å²) in [6.45, 7) is 2.45. The number of hydrogen-bond donors (Lipinski definition) is 0. The highest BCUT2D eigenvalue weighted by Gasteiger charge is 2.34. The zero-order chi connectivity index (χ0) is 12.4. The number of rotatable bonds is 3. The van der Waals surface area contributed by atoms with Crippen LogP contribution in [-0.2, 0) is 16.0 Å². The number of halogens is 1. The lowest BCUT2D eigenvalue weighted by atomic mass is 10.1. The number of carbonyl (C=O) groups excluding carboxylic acids is 2. The van der Waals surface area contributed by atoms with E-state index in [2.05, 4.69) is 0 Å². The van der Waals surface area contributed by atoms with Crippen LogP contribution in [0.15, 0.2) is 24.3 Å². The Morgan fingerprint density at radius 1 is 1.47 bits per heavy atom. The topological polar surface area (TPSA) is 37.4 Å². The van der Waals surface area contributed by atoms with E-state index in [1.165, 1.54) is 0 Å². The first-order valence-corrected chi connectivity index (χ1v) is 6.09. The molecule has 0 spiro atoms. The minimum atomic E-state index is -0.421. The Bertz CT molecular complexity index is 458. The average Bonchev–Trinajstić information content (AvgIpc) is 2.71. The lowest BCUT2D eigenvalue weighted by Gasteiger charge is -2.19. The average molecular weight is 252 g/mol. The van der Waals surface area contributed by atoms with Gasteiger partial charge in [-0.25, -0.2) is 0 Å². The van der Waals surface area contributed by atoms with Gasteiger partial charge in [0.2, 0.25) is 11.1 Å². The second-order valence-electron chi connectivity index (χ2n) is 4.19. The maximum Gasteiger partial charge on any atom is 0.227 e. The zero-order valence-electron chi connectivity index (χ0n) is 9.65. The third-order valence-corrected chi connectivity index (χ3v) is 3.42. The molecular formula is C13H14ClNO2. The lowest BCUT2D eigenvalue weighted by molar-refractivity contribution is -0.120. The third kappa shape index (κ3) is 2.34. The van der Waals surface area contributed by atoms with Crippen LogP contribution in [0.1, 0.15) is 18.9 Å². The molecule has 1 aromatic rings. The smallest absolute Gasteiger partial charge is 0.227 e. The minimum absolute atomic E-state index is 0.0232. The van der Waals surface area contributed by atoms with Gasteiger partial charge in [0.15, 0.2) is 0 Å². The molecule has 0 bridgehead atoms. The first-order valence-electron chi connectivity index (χ1n) is 5.71. The molecule has 0 unspecified atom stereocenters. The van der Waals surface area contributed by atoms with E-state index in [-0.39, 0.29) is 18.2 Å². The van der Waals surface area contributed by atoms with Gasteiger partial charge in [0, 0.05) is 18.7 Å². The van der Waals surface area contributed by atoms with Crippen LogP contribution in [0.3, 0.4) is 0 Å². The summed E-state index contributed by atoms with van der Waals surface area (Å²) in [5, 5.41) is -0.421. The second kappa shape index (κ2) is 4.88. The van der Waals surface area contributed by atoms with Crippen LogP contribution in [0.2, 0.25) is 0 Å². The quantitative estimate of drug-likeness (QED) is 0.774. The molecule has 1 aromatic carbocycles. The number of anilines is 1. The molecule has 1 aliphatic heterocycles. The number of hydrogen-bond acceptors (Lipinski definition) is 2. The standard InChI is InChI=1S/C13H14ClNO2/c1-2-9-5-3-4-6-11(9)15-8-10(13(14)17)7-12(15)16/h3-6,10H,2,7-8H2,1H3/t10-/m0/s1. The number of para-hydroxylation sites is 1. The van der Waals surface area contributed by atoms with E-state index in [1.807, 2.05) is 31.2 Å². The van der Waals surface area contributed by atoms with Gasteiger partial charge in [-0.1, -0.05) is 25.1 Å². The van der Waals surface area contributed by atoms with Gasteiger partial charge in [0.25, 0.3) is 0 Å². The monoisotopic (exact) mass is 251 g/mol. The Labute approximate surface area is 105 Å². The summed E-state index contributed by atoms with van der Waals surface area (Å²) >= 11 is 5.46. The number of nitrogens with zero attached hydrogens (tertiary/aromatic N) is 1. The number of benzene rings is 1. The van der Waals surface area contributed by atoms with E-state index < -0.39 is 5.24 Å². The number of amides is 1. The van der Waals surface area contributed by atoms with E-state index in [0.717, 1.165) is 17.7 Å². The largest absolute Gasteiger partial charge is 0.311 e. The highest BCUT2D eigenvalue weighted by atomic mass is 35.5. The molecule has 0 saturated carbocycles. The van der Waals surface area contributed by atoms with Crippen molar-refractivity contribution in [3.63, 3.8) is 0 Å². The minimum Gasteiger partial charge on any atom is -0.311 e. The lowest BCUT2D eigenvalue weighted by Crippen LogP contribution is -2.26. The second-order valence-corrected chi connectivity index (χ2v) is 4.56. The SMILES string of the molecule is CCc1ccccc1N1C[C@@H](C(=O)Cl)CC1=O. The molecule has 4 heteroatoms. The fourth-order valence-corrected chi connectivity index (χ4v) is 2.31. The van der Waals surface area contributed by atoms with E-state index in [1.54, 1.807) is 4.90 Å². The van der Waals surface area contributed by atoms with Crippen molar-refractivity contribution in [2.75, 3.05) is 11.4 Å². The highest BCUT2D eigenvalue weighted by molar-refractivity contribution is 6.64. The fraction of sp³-hybridized carbons (Fsp3) is 0.385. The first-order chi connectivity index (χ1) is 8.13. The Balaban J connectivity index is 2.29. The van der Waals surface area contributed by atoms with Crippen LogP contribution >= 0.6 is 11.6 Å². The Morgan fingerprint density at radius 2 is 2.18 bits per heavy atom. The molecule has 1 atom stereocenters. The first kappa shape index (κ1) is 12.1. The van der Waals surface area contributed by atoms with Gasteiger partial charge in [-0.15, -0.1) is 0 Å². The van der Waals surface area contributed by atoms with Gasteiger partial charge in [-0.3, -0.25) is 9.59 Å². The molecule has 2 rings (SSSR count). The molecular weight excluding hydrogens is 238 g/mol. The zero-order valence-corrected chi connectivity index (χ0v) is 10.4. The highest BCUT2D eigenvalue weighted by Crippen LogP contribution is 2.29. The van der Waals surface area contributed by atoms with Crippen molar-refractivity contribution in [2.24, 2.45) is 5.92 Å². The van der Waals surface area contributed by atoms with Crippen LogP contribution in [-0.4, -0.2) is 17.7 Å². The van der Waals surface area contributed by atoms with Gasteiger partial charge in [-0.05, 0) is 29.7 Å². The van der Waals surface area contributed by atoms with Gasteiger partial charge in [0.05, 0.1) is 5.92 Å². The van der Waals surface area contributed by atoms with Crippen molar-refractivity contribution in [2.45, 2.75) is 19.8 Å². The van der Waals surface area contributed by atoms with E-state index >= 15 is 0 Å². The van der Waals surface area contributed by atoms with Gasteiger partial charge >= 0.3 is 0 Å². The summed E-state index contributed by atoms with van der Waals surface area (Å²) in [6, 6.07) is 7.76. The molecule has 90 valence electrons. The van der Waals surface area contributed by atoms with Gasteiger partial charge in [0.1, 0.15) is 0 Å². The van der Waals surface area contributed by atoms with Gasteiger partial charge < -0.3 is 4.90 Å². The molecule has 1 heterocycles. The van der Waals surface area contributed by atoms with Gasteiger partial charge in [-0.2, -0.15) is 0 Å². The van der Waals surface area contributed by atoms with Crippen LogP contribution < -0.4 is 4.90 Å². The van der Waals surface area contributed by atoms with Crippen LogP contribution in [0.25, 0.3) is 0 Å². The predicted octanol–water partition coefficient (Wildman–Crippen LogP) is 2.37. The van der Waals surface area contributed by atoms with Crippen molar-refractivity contribution in [1.29, 1.82) is 0 Å². The maximum atomic E-state index is 11.9. The summed E-state index contributed by atoms with van der Waals surface area (Å²) in [5.41, 5.74) is 2.02. The van der Waals surface area contributed by atoms with E-state index in [0.29, 0.717) is 6.54 Å². The van der Waals surface area contributed by atoms with Crippen LogP contribution in [0.4, 0.5) is 5.69 Å². The molecule has 1 fully saturated rings. The summed E-state index contributed by atoms with van der Waals surface area (Å²) < 4.78 is 0. The third-order valence-electron chi connectivity index (χ3n) is 3.11. The Morgan fingerprint density at radius 3 is 2.76 bits per heavy atom. The van der Waals surface area contributed by atoms with E-state index in [4.69, 9.17) is 11.6 Å². The molecule has 1 saturated heterocycles. The van der Waals surface area contributed by atoms with Crippen LogP contribution in [0.5, 0.6) is 0 Å². The summed E-state index contributed by atoms with van der Waals surface area (Å²) in [7, 11) is 0. The molecule has 0 aromatic heterocycles. The van der Waals surface area contributed by atoms with E-state index in [9.17, 15) is 9.59 Å². The maximum absolute atomic E-state index is 11.9. The molecule has 0 aliphatic carbocycles. The van der Waals surface area contributed by atoms with Crippen molar-refractivity contribution in [3.8, 4) is 0 Å². The van der Waals surface area contributed by atoms with Crippen molar-refractivity contribution >= 4 is 28.4 Å². The summed E-state index contributed by atoms with van der Waals surface area (Å²) in [4.78, 5) is 24.7. The summed E-state index contributed by atoms with van der Waals surface area (Å²) in [5.74, 6) is -0.390. The molecule has 0 radical (unpaired) electrons. The number of aryl methyl sites for hydroxylation is 1. The fourth-order valence-electron chi connectivity index (χ4n) is 2.17. The van der Waals surface area contributed by atoms with Crippen molar-refractivity contribution < 1.29 is 9.59 Å². The molecule has 1 amide bonds. The Hall–Kier alpha value is -1.35. The molecule has 0 N–H and O–H groups in total. The normalized spacial score (nSPS) is 19.8. The Kier molecular flexibility index (Phi) is 3.48. The molecule has 3 nitrogen and oxygen atoms in total. The van der Waals surface area contributed by atoms with Crippen molar-refractivity contribution in [1.82, 2.24) is 0 Å². The number of carbonyl (C=O) groups is 2. The molecule has 1 aliphatic rings.